The lowest BCUT2D eigenvalue weighted by atomic mass is 9.99. The van der Waals surface area contributed by atoms with Gasteiger partial charge >= 0.3 is 0 Å². The standard InChI is InChI=1S/C38H45N5/c1-11-25-23(9)32-15-29-19(5)20(6)30(39-29)17-36-27(13-3)28(14-4)38(43-36)37-22(8)21(7)31(42-37)16-33-24(10)26(12-2)35(41-33)18-34(25)40-32/h15-18,40-42H,11-14H2,1-10H3. The fourth-order valence-corrected chi connectivity index (χ4v) is 7.07. The molecule has 0 fully saturated rings. The highest BCUT2D eigenvalue weighted by Gasteiger charge is 2.22. The van der Waals surface area contributed by atoms with Gasteiger partial charge in [-0.3, -0.25) is 0 Å². The molecule has 0 atom stereocenters. The van der Waals surface area contributed by atoms with Crippen molar-refractivity contribution in [3.05, 3.63) is 80.4 Å². The van der Waals surface area contributed by atoms with Crippen molar-refractivity contribution in [1.29, 1.82) is 0 Å². The predicted molar refractivity (Wildman–Crippen MR) is 185 cm³/mol. The van der Waals surface area contributed by atoms with Crippen LogP contribution in [-0.2, 0) is 12.8 Å². The highest BCUT2D eigenvalue weighted by Crippen LogP contribution is 2.39. The summed E-state index contributed by atoms with van der Waals surface area (Å²) in [7, 11) is 0. The third-order valence-corrected chi connectivity index (χ3v) is 10.0. The van der Waals surface area contributed by atoms with E-state index in [0.29, 0.717) is 0 Å². The summed E-state index contributed by atoms with van der Waals surface area (Å²) in [5.41, 5.74) is 23.9. The van der Waals surface area contributed by atoms with Crippen molar-refractivity contribution in [2.45, 2.75) is 94.9 Å². The van der Waals surface area contributed by atoms with Crippen molar-refractivity contribution in [1.82, 2.24) is 24.9 Å². The van der Waals surface area contributed by atoms with Crippen LogP contribution in [0.15, 0.2) is 24.3 Å². The van der Waals surface area contributed by atoms with Crippen LogP contribution in [0.5, 0.6) is 0 Å². The highest BCUT2D eigenvalue weighted by molar-refractivity contribution is 5.99. The topological polar surface area (TPSA) is 73.2 Å². The van der Waals surface area contributed by atoms with E-state index in [9.17, 15) is 0 Å². The molecule has 5 heteroatoms. The van der Waals surface area contributed by atoms with E-state index in [1.165, 1.54) is 66.7 Å². The summed E-state index contributed by atoms with van der Waals surface area (Å²) < 4.78 is 0. The second-order valence-electron chi connectivity index (χ2n) is 12.2. The normalized spacial score (nSPS) is 13.5. The van der Waals surface area contributed by atoms with Crippen molar-refractivity contribution >= 4 is 55.4 Å². The predicted octanol–water partition coefficient (Wildman–Crippen LogP) is 10.4. The zero-order valence-electron chi connectivity index (χ0n) is 27.5. The lowest BCUT2D eigenvalue weighted by Crippen LogP contribution is -1.85. The molecule has 6 heterocycles. The Morgan fingerprint density at radius 1 is 0.465 bits per heavy atom. The molecule has 0 spiro atoms. The van der Waals surface area contributed by atoms with E-state index in [4.69, 9.17) is 9.97 Å². The summed E-state index contributed by atoms with van der Waals surface area (Å²) in [4.78, 5) is 21.9. The van der Waals surface area contributed by atoms with Crippen molar-refractivity contribution in [2.24, 2.45) is 0 Å². The summed E-state index contributed by atoms with van der Waals surface area (Å²) in [5.74, 6) is 0. The van der Waals surface area contributed by atoms with Gasteiger partial charge in [-0.25, -0.2) is 9.97 Å². The minimum Gasteiger partial charge on any atom is -0.355 e. The second kappa shape index (κ2) is 10.9. The number of nitrogens with one attached hydrogen (secondary N) is 3. The SMILES string of the molecule is CCC1=C(CC)c2nc1cc1nc(cc3[nH]c(cc4[nH]c(cc5[nH]c2c(C)c5C)c(C)c4CC)c(CC)c3C)C(C)=C1C. The second-order valence-corrected chi connectivity index (χ2v) is 12.2. The quantitative estimate of drug-likeness (QED) is 0.228. The minimum absolute atomic E-state index is 0.933. The van der Waals surface area contributed by atoms with Crippen molar-refractivity contribution in [3.8, 4) is 0 Å². The van der Waals surface area contributed by atoms with Crippen molar-refractivity contribution < 1.29 is 0 Å². The van der Waals surface area contributed by atoms with E-state index in [1.807, 2.05) is 0 Å². The smallest absolute Gasteiger partial charge is 0.0910 e. The number of hydrogen-bond acceptors (Lipinski definition) is 2. The molecule has 2 aliphatic heterocycles. The largest absolute Gasteiger partial charge is 0.355 e. The first-order valence-electron chi connectivity index (χ1n) is 15.9. The fourth-order valence-electron chi connectivity index (χ4n) is 7.07. The van der Waals surface area contributed by atoms with Crippen LogP contribution >= 0.6 is 0 Å². The number of aromatic nitrogens is 5. The van der Waals surface area contributed by atoms with Gasteiger partial charge in [0.2, 0.25) is 0 Å². The molecule has 4 aromatic rings. The molecule has 43 heavy (non-hydrogen) atoms. The number of allylic oxidation sites excluding steroid dienone is 4. The Hall–Kier alpha value is -4.12. The molecule has 0 saturated carbocycles. The summed E-state index contributed by atoms with van der Waals surface area (Å²) in [6.07, 6.45) is 3.79. The number of aryl methyl sites for hydroxylation is 6. The molecule has 0 saturated heterocycles. The van der Waals surface area contributed by atoms with Gasteiger partial charge in [0.05, 0.1) is 28.3 Å². The molecular formula is C38H45N5. The first-order chi connectivity index (χ1) is 20.6. The Kier molecular flexibility index (Phi) is 7.32. The Morgan fingerprint density at radius 3 is 1.53 bits per heavy atom. The lowest BCUT2D eigenvalue weighted by Gasteiger charge is -2.04. The summed E-state index contributed by atoms with van der Waals surface area (Å²) in [5, 5.41) is 0. The maximum atomic E-state index is 5.32. The van der Waals surface area contributed by atoms with Gasteiger partial charge in [-0.15, -0.1) is 0 Å². The van der Waals surface area contributed by atoms with Crippen LogP contribution in [0.25, 0.3) is 55.4 Å². The molecule has 0 radical (unpaired) electrons. The van der Waals surface area contributed by atoms with Crippen LogP contribution in [0.1, 0.15) is 111 Å². The van der Waals surface area contributed by atoms with E-state index in [1.54, 1.807) is 0 Å². The zero-order chi connectivity index (χ0) is 30.7. The van der Waals surface area contributed by atoms with Gasteiger partial charge in [0, 0.05) is 27.6 Å². The Labute approximate surface area is 255 Å². The van der Waals surface area contributed by atoms with Gasteiger partial charge in [-0.2, -0.15) is 0 Å². The van der Waals surface area contributed by atoms with E-state index in [0.717, 1.165) is 70.5 Å². The van der Waals surface area contributed by atoms with Crippen LogP contribution in [-0.4, -0.2) is 24.9 Å². The average molecular weight is 572 g/mol. The van der Waals surface area contributed by atoms with E-state index in [2.05, 4.69) is 108 Å². The first kappa shape index (κ1) is 29.0. The van der Waals surface area contributed by atoms with E-state index < -0.39 is 0 Å². The van der Waals surface area contributed by atoms with Crippen molar-refractivity contribution in [3.63, 3.8) is 0 Å². The van der Waals surface area contributed by atoms with Gasteiger partial charge < -0.3 is 15.0 Å². The zero-order valence-corrected chi connectivity index (χ0v) is 27.5. The van der Waals surface area contributed by atoms with Crippen LogP contribution in [0.3, 0.4) is 0 Å². The monoisotopic (exact) mass is 571 g/mol. The van der Waals surface area contributed by atoms with Gasteiger partial charge in [0.25, 0.3) is 0 Å². The molecule has 4 aromatic heterocycles. The molecule has 10 bridgehead atoms. The third kappa shape index (κ3) is 4.52. The Balaban J connectivity index is 1.84. The molecule has 0 unspecified atom stereocenters. The van der Waals surface area contributed by atoms with Crippen LogP contribution in [0.2, 0.25) is 0 Å². The molecule has 5 nitrogen and oxygen atoms in total. The molecule has 0 aliphatic carbocycles. The maximum Gasteiger partial charge on any atom is 0.0910 e. The molecule has 222 valence electrons. The maximum absolute atomic E-state index is 5.32. The number of H-pyrrole nitrogens is 3. The molecule has 3 N–H and O–H groups in total. The van der Waals surface area contributed by atoms with Crippen molar-refractivity contribution in [2.75, 3.05) is 0 Å². The molecule has 0 aromatic carbocycles. The molecular weight excluding hydrogens is 526 g/mol. The number of aromatic amines is 3. The van der Waals surface area contributed by atoms with Crippen LogP contribution in [0, 0.1) is 27.7 Å². The van der Waals surface area contributed by atoms with Gasteiger partial charge in [-0.05, 0) is 147 Å². The van der Waals surface area contributed by atoms with Crippen LogP contribution in [0.4, 0.5) is 0 Å². The van der Waals surface area contributed by atoms with E-state index in [-0.39, 0.29) is 0 Å². The van der Waals surface area contributed by atoms with E-state index >= 15 is 0 Å². The summed E-state index contributed by atoms with van der Waals surface area (Å²) >= 11 is 0. The fraction of sp³-hybridized carbons (Fsp3) is 0.368. The molecule has 2 aliphatic rings. The van der Waals surface area contributed by atoms with Gasteiger partial charge in [0.15, 0.2) is 0 Å². The first-order valence-corrected chi connectivity index (χ1v) is 15.9. The van der Waals surface area contributed by atoms with Gasteiger partial charge in [-0.1, -0.05) is 27.7 Å². The molecule has 0 amide bonds. The number of rotatable bonds is 4. The summed E-state index contributed by atoms with van der Waals surface area (Å²) in [6.45, 7) is 22.2. The number of nitrogens with zero attached hydrogens (tertiary/aromatic N) is 2. The minimum atomic E-state index is 0.933. The summed E-state index contributed by atoms with van der Waals surface area (Å²) in [6, 6.07) is 9.04. The highest BCUT2D eigenvalue weighted by atomic mass is 14.8. The number of hydrogen-bond donors (Lipinski definition) is 3. The Bertz CT molecular complexity index is 2070. The average Bonchev–Trinajstić information content (AvgIpc) is 3.73. The van der Waals surface area contributed by atoms with Crippen LogP contribution < -0.4 is 0 Å². The number of fused-ring (bicyclic) bond motifs is 11. The third-order valence-electron chi connectivity index (χ3n) is 10.0. The molecule has 6 rings (SSSR count). The lowest BCUT2D eigenvalue weighted by molar-refractivity contribution is 1.14. The Morgan fingerprint density at radius 2 is 0.977 bits per heavy atom. The van der Waals surface area contributed by atoms with Gasteiger partial charge in [0.1, 0.15) is 0 Å².